The molecule has 0 aliphatic carbocycles. The lowest BCUT2D eigenvalue weighted by Gasteiger charge is -2.11. The van der Waals surface area contributed by atoms with Gasteiger partial charge in [0.25, 0.3) is 0 Å². The van der Waals surface area contributed by atoms with Crippen molar-refractivity contribution in [1.29, 1.82) is 0 Å². The highest BCUT2D eigenvalue weighted by atomic mass is 19.1. The summed E-state index contributed by atoms with van der Waals surface area (Å²) in [5.41, 5.74) is 1.87. The van der Waals surface area contributed by atoms with Gasteiger partial charge in [-0.05, 0) is 30.3 Å². The molecule has 0 atom stereocenters. The normalized spacial score (nSPS) is 11.0. The predicted octanol–water partition coefficient (Wildman–Crippen LogP) is 4.36. The van der Waals surface area contributed by atoms with Crippen molar-refractivity contribution in [2.75, 3.05) is 12.4 Å². The fourth-order valence-electron chi connectivity index (χ4n) is 3.07. The molecular formula is C21H15FN6O2. The number of ether oxygens (including phenoxy) is 2. The second-order valence-electron chi connectivity index (χ2n) is 6.40. The fourth-order valence-corrected chi connectivity index (χ4v) is 3.07. The largest absolute Gasteiger partial charge is 0.497 e. The summed E-state index contributed by atoms with van der Waals surface area (Å²) in [5, 5.41) is 7.47. The Morgan fingerprint density at radius 3 is 2.60 bits per heavy atom. The molecule has 0 unspecified atom stereocenters. The minimum Gasteiger partial charge on any atom is -0.497 e. The highest BCUT2D eigenvalue weighted by Crippen LogP contribution is 2.30. The number of pyridine rings is 1. The molecule has 5 aromatic rings. The number of fused-ring (bicyclic) bond motifs is 2. The second-order valence-corrected chi connectivity index (χ2v) is 6.40. The summed E-state index contributed by atoms with van der Waals surface area (Å²) in [7, 11) is 1.48. The molecule has 0 aliphatic rings. The average molecular weight is 402 g/mol. The van der Waals surface area contributed by atoms with Crippen molar-refractivity contribution in [3.63, 3.8) is 0 Å². The Balaban J connectivity index is 1.38. The molecule has 0 spiro atoms. The van der Waals surface area contributed by atoms with Crippen LogP contribution in [-0.2, 0) is 0 Å². The van der Waals surface area contributed by atoms with E-state index in [1.807, 2.05) is 12.1 Å². The maximum atomic E-state index is 14.6. The topological polar surface area (TPSA) is 86.5 Å². The SMILES string of the molecule is COc1cc(F)c2c(Nc3ccc(Oc4ccn5ncnc5c4)cc3)ncnc2c1. The Kier molecular flexibility index (Phi) is 4.32. The summed E-state index contributed by atoms with van der Waals surface area (Å²) in [6, 6.07) is 13.8. The van der Waals surface area contributed by atoms with Crippen molar-refractivity contribution < 1.29 is 13.9 Å². The zero-order valence-electron chi connectivity index (χ0n) is 15.8. The van der Waals surface area contributed by atoms with Crippen LogP contribution in [0, 0.1) is 5.82 Å². The predicted molar refractivity (Wildman–Crippen MR) is 109 cm³/mol. The first-order valence-electron chi connectivity index (χ1n) is 9.02. The van der Waals surface area contributed by atoms with E-state index in [9.17, 15) is 4.39 Å². The molecule has 3 heterocycles. The molecule has 9 heteroatoms. The van der Waals surface area contributed by atoms with Gasteiger partial charge >= 0.3 is 0 Å². The molecule has 0 fully saturated rings. The van der Waals surface area contributed by atoms with Gasteiger partial charge in [0.1, 0.15) is 41.5 Å². The van der Waals surface area contributed by atoms with Crippen molar-refractivity contribution >= 4 is 28.1 Å². The highest BCUT2D eigenvalue weighted by Gasteiger charge is 2.12. The van der Waals surface area contributed by atoms with Crippen LogP contribution in [0.5, 0.6) is 17.2 Å². The van der Waals surface area contributed by atoms with E-state index in [4.69, 9.17) is 9.47 Å². The molecule has 0 saturated heterocycles. The van der Waals surface area contributed by atoms with Crippen LogP contribution >= 0.6 is 0 Å². The summed E-state index contributed by atoms with van der Waals surface area (Å²) < 4.78 is 27.2. The molecule has 30 heavy (non-hydrogen) atoms. The first-order chi connectivity index (χ1) is 14.7. The van der Waals surface area contributed by atoms with Gasteiger partial charge in [0.05, 0.1) is 18.0 Å². The number of hydrogen-bond acceptors (Lipinski definition) is 7. The number of nitrogens with zero attached hydrogens (tertiary/aromatic N) is 5. The quantitative estimate of drug-likeness (QED) is 0.467. The van der Waals surface area contributed by atoms with E-state index in [0.29, 0.717) is 39.6 Å². The van der Waals surface area contributed by atoms with Crippen LogP contribution in [0.4, 0.5) is 15.9 Å². The van der Waals surface area contributed by atoms with E-state index in [1.54, 1.807) is 41.0 Å². The Hall–Kier alpha value is -4.27. The standard InChI is InChI=1S/C21H15FN6O2/c1-29-16-8-17(22)20-18(9-16)23-11-25-21(20)27-13-2-4-14(5-3-13)30-15-6-7-28-19(10-15)24-12-26-28/h2-12H,1H3,(H,23,25,27). The van der Waals surface area contributed by atoms with Crippen molar-refractivity contribution in [1.82, 2.24) is 24.6 Å². The molecule has 0 amide bonds. The number of halogens is 1. The molecule has 0 radical (unpaired) electrons. The Morgan fingerprint density at radius 2 is 1.77 bits per heavy atom. The van der Waals surface area contributed by atoms with E-state index in [0.717, 1.165) is 5.69 Å². The molecule has 1 N–H and O–H groups in total. The summed E-state index contributed by atoms with van der Waals surface area (Å²) >= 11 is 0. The number of aromatic nitrogens is 5. The third-order valence-electron chi connectivity index (χ3n) is 4.50. The van der Waals surface area contributed by atoms with Gasteiger partial charge in [-0.25, -0.2) is 23.9 Å². The van der Waals surface area contributed by atoms with Crippen molar-refractivity contribution in [3.05, 3.63) is 73.2 Å². The Labute approximate surface area is 169 Å². The van der Waals surface area contributed by atoms with Crippen LogP contribution < -0.4 is 14.8 Å². The number of rotatable bonds is 5. The molecule has 148 valence electrons. The third-order valence-corrected chi connectivity index (χ3v) is 4.50. The van der Waals surface area contributed by atoms with Crippen LogP contribution in [0.3, 0.4) is 0 Å². The van der Waals surface area contributed by atoms with Gasteiger partial charge < -0.3 is 14.8 Å². The van der Waals surface area contributed by atoms with Crippen molar-refractivity contribution in [2.24, 2.45) is 0 Å². The Bertz CT molecular complexity index is 1350. The monoisotopic (exact) mass is 402 g/mol. The van der Waals surface area contributed by atoms with E-state index in [1.165, 1.54) is 25.8 Å². The van der Waals surface area contributed by atoms with Crippen LogP contribution in [0.2, 0.25) is 0 Å². The van der Waals surface area contributed by atoms with E-state index in [2.05, 4.69) is 25.4 Å². The first kappa shape index (κ1) is 17.8. The maximum Gasteiger partial charge on any atom is 0.158 e. The summed E-state index contributed by atoms with van der Waals surface area (Å²) in [6.45, 7) is 0. The van der Waals surface area contributed by atoms with E-state index in [-0.39, 0.29) is 0 Å². The van der Waals surface area contributed by atoms with Gasteiger partial charge in [0.2, 0.25) is 0 Å². The molecule has 0 bridgehead atoms. The molecule has 0 saturated carbocycles. The number of benzene rings is 2. The molecule has 8 nitrogen and oxygen atoms in total. The number of hydrogen-bond donors (Lipinski definition) is 1. The number of nitrogens with one attached hydrogen (secondary N) is 1. The van der Waals surface area contributed by atoms with Gasteiger partial charge in [-0.2, -0.15) is 5.10 Å². The lowest BCUT2D eigenvalue weighted by Crippen LogP contribution is -1.98. The molecule has 0 aliphatic heterocycles. The molecule has 2 aromatic carbocycles. The summed E-state index contributed by atoms with van der Waals surface area (Å²) in [4.78, 5) is 12.4. The van der Waals surface area contributed by atoms with Gasteiger partial charge in [0.15, 0.2) is 5.65 Å². The fraction of sp³-hybridized carbons (Fsp3) is 0.0476. The smallest absolute Gasteiger partial charge is 0.158 e. The van der Waals surface area contributed by atoms with Crippen LogP contribution in [0.1, 0.15) is 0 Å². The van der Waals surface area contributed by atoms with Crippen molar-refractivity contribution in [3.8, 4) is 17.2 Å². The number of methoxy groups -OCH3 is 1. The van der Waals surface area contributed by atoms with E-state index >= 15 is 0 Å². The van der Waals surface area contributed by atoms with Gasteiger partial charge in [0, 0.05) is 30.1 Å². The average Bonchev–Trinajstić information content (AvgIpc) is 3.23. The molecule has 3 aromatic heterocycles. The van der Waals surface area contributed by atoms with Crippen LogP contribution in [-0.4, -0.2) is 31.7 Å². The molecular weight excluding hydrogens is 387 g/mol. The summed E-state index contributed by atoms with van der Waals surface area (Å²) in [6.07, 6.45) is 4.63. The van der Waals surface area contributed by atoms with Crippen molar-refractivity contribution in [2.45, 2.75) is 0 Å². The van der Waals surface area contributed by atoms with E-state index < -0.39 is 5.82 Å². The second kappa shape index (κ2) is 7.28. The molecule has 5 rings (SSSR count). The van der Waals surface area contributed by atoms with Gasteiger partial charge in [-0.3, -0.25) is 0 Å². The van der Waals surface area contributed by atoms with Gasteiger partial charge in [-0.15, -0.1) is 0 Å². The zero-order chi connectivity index (χ0) is 20.5. The minimum atomic E-state index is -0.462. The van der Waals surface area contributed by atoms with Gasteiger partial charge in [-0.1, -0.05) is 0 Å². The Morgan fingerprint density at radius 1 is 0.900 bits per heavy atom. The lowest BCUT2D eigenvalue weighted by atomic mass is 10.2. The minimum absolute atomic E-state index is 0.292. The highest BCUT2D eigenvalue weighted by molar-refractivity contribution is 5.92. The van der Waals surface area contributed by atoms with Crippen LogP contribution in [0.25, 0.3) is 16.6 Å². The zero-order valence-corrected chi connectivity index (χ0v) is 15.8. The number of anilines is 2. The lowest BCUT2D eigenvalue weighted by molar-refractivity contribution is 0.412. The third kappa shape index (κ3) is 3.32. The first-order valence-corrected chi connectivity index (χ1v) is 9.02. The maximum absolute atomic E-state index is 14.6. The van der Waals surface area contributed by atoms with Crippen LogP contribution in [0.15, 0.2) is 67.4 Å². The summed E-state index contributed by atoms with van der Waals surface area (Å²) in [5.74, 6) is 1.60.